The van der Waals surface area contributed by atoms with Crippen molar-refractivity contribution in [2.45, 2.75) is 58.2 Å². The van der Waals surface area contributed by atoms with Gasteiger partial charge in [-0.1, -0.05) is 65.8 Å². The lowest BCUT2D eigenvalue weighted by Gasteiger charge is -2.42. The number of fused-ring (bicyclic) bond motifs is 3. The predicted molar refractivity (Wildman–Crippen MR) is 105 cm³/mol. The number of rotatable bonds is 5. The fraction of sp³-hybridized carbons (Fsp3) is 0.429. The summed E-state index contributed by atoms with van der Waals surface area (Å²) in [5.41, 5.74) is 3.48. The smallest absolute Gasteiger partial charge is 0.258 e. The molecule has 0 aliphatic heterocycles. The van der Waals surface area contributed by atoms with Gasteiger partial charge >= 0.3 is 0 Å². The van der Waals surface area contributed by atoms with Crippen LogP contribution < -0.4 is 4.43 Å². The van der Waals surface area contributed by atoms with Crippen molar-refractivity contribution in [3.8, 4) is 5.75 Å². The summed E-state index contributed by atoms with van der Waals surface area (Å²) in [4.78, 5) is 0. The average Bonchev–Trinajstić information content (AvgIpc) is 2.90. The minimum absolute atomic E-state index is 0.547. The molecule has 2 aromatic carbocycles. The van der Waals surface area contributed by atoms with Crippen LogP contribution in [0.25, 0.3) is 21.9 Å². The fourth-order valence-electron chi connectivity index (χ4n) is 4.37. The quantitative estimate of drug-likeness (QED) is 0.460. The second-order valence-corrected chi connectivity index (χ2v) is 13.0. The maximum absolute atomic E-state index is 6.95. The Morgan fingerprint density at radius 3 is 1.96 bits per heavy atom. The molecule has 128 valence electrons. The van der Waals surface area contributed by atoms with E-state index < -0.39 is 8.32 Å². The second kappa shape index (κ2) is 6.28. The first-order valence-electron chi connectivity index (χ1n) is 8.97. The lowest BCUT2D eigenvalue weighted by molar-refractivity contribution is 0.484. The van der Waals surface area contributed by atoms with Gasteiger partial charge in [0.2, 0.25) is 0 Å². The van der Waals surface area contributed by atoms with Crippen molar-refractivity contribution in [2.24, 2.45) is 0 Å². The zero-order valence-corrected chi connectivity index (χ0v) is 16.6. The first-order chi connectivity index (χ1) is 11.4. The molecule has 0 saturated heterocycles. The van der Waals surface area contributed by atoms with E-state index in [1.54, 1.807) is 0 Å². The SMILES string of the molecule is CC(C)[Si](Oc1cccc2oc3ccccc3c12)(C(C)C)C(C)C. The summed E-state index contributed by atoms with van der Waals surface area (Å²) in [7, 11) is -1.99. The monoisotopic (exact) mass is 340 g/mol. The minimum atomic E-state index is -1.99. The highest BCUT2D eigenvalue weighted by Gasteiger charge is 2.47. The van der Waals surface area contributed by atoms with E-state index in [4.69, 9.17) is 8.84 Å². The van der Waals surface area contributed by atoms with Crippen molar-refractivity contribution in [3.05, 3.63) is 42.5 Å². The standard InChI is InChI=1S/C21H28O2Si/c1-14(2)24(15(3)4,16(5)6)23-20-13-9-12-19-21(20)17-10-7-8-11-18(17)22-19/h7-16H,1-6H3. The van der Waals surface area contributed by atoms with E-state index in [1.165, 1.54) is 0 Å². The Balaban J connectivity index is 2.22. The van der Waals surface area contributed by atoms with Crippen LogP contribution in [0.2, 0.25) is 16.6 Å². The Hall–Kier alpha value is -1.74. The van der Waals surface area contributed by atoms with Gasteiger partial charge in [0.15, 0.2) is 0 Å². The highest BCUT2D eigenvalue weighted by atomic mass is 28.4. The maximum Gasteiger partial charge on any atom is 0.258 e. The molecule has 3 rings (SSSR count). The second-order valence-electron chi connectivity index (χ2n) is 7.65. The third kappa shape index (κ3) is 2.55. The molecule has 0 amide bonds. The van der Waals surface area contributed by atoms with Crippen molar-refractivity contribution >= 4 is 30.3 Å². The summed E-state index contributed by atoms with van der Waals surface area (Å²) in [6.07, 6.45) is 0. The van der Waals surface area contributed by atoms with Gasteiger partial charge in [0, 0.05) is 5.39 Å². The number of hydrogen-bond donors (Lipinski definition) is 0. The van der Waals surface area contributed by atoms with Crippen molar-refractivity contribution in [3.63, 3.8) is 0 Å². The Labute approximate surface area is 145 Å². The van der Waals surface area contributed by atoms with Crippen molar-refractivity contribution < 1.29 is 8.84 Å². The third-order valence-electron chi connectivity index (χ3n) is 5.36. The lowest BCUT2D eigenvalue weighted by atomic mass is 10.1. The normalized spacial score (nSPS) is 12.9. The fourth-order valence-corrected chi connectivity index (χ4v) is 9.63. The summed E-state index contributed by atoms with van der Waals surface area (Å²) in [5, 5.41) is 2.26. The highest BCUT2D eigenvalue weighted by Crippen LogP contribution is 2.45. The molecule has 0 atom stereocenters. The molecular weight excluding hydrogens is 312 g/mol. The first-order valence-corrected chi connectivity index (χ1v) is 11.1. The van der Waals surface area contributed by atoms with Crippen LogP contribution in [0.4, 0.5) is 0 Å². The third-order valence-corrected chi connectivity index (χ3v) is 11.3. The zero-order chi connectivity index (χ0) is 17.5. The van der Waals surface area contributed by atoms with Gasteiger partial charge in [0.1, 0.15) is 16.9 Å². The topological polar surface area (TPSA) is 22.4 Å². The van der Waals surface area contributed by atoms with Gasteiger partial charge in [-0.05, 0) is 34.8 Å². The molecule has 2 nitrogen and oxygen atoms in total. The van der Waals surface area contributed by atoms with Crippen LogP contribution in [0, 0.1) is 0 Å². The molecule has 1 heterocycles. The van der Waals surface area contributed by atoms with Gasteiger partial charge in [-0.3, -0.25) is 0 Å². The summed E-state index contributed by atoms with van der Waals surface area (Å²) in [6, 6.07) is 14.4. The van der Waals surface area contributed by atoms with Crippen LogP contribution in [0.1, 0.15) is 41.5 Å². The summed E-state index contributed by atoms with van der Waals surface area (Å²) in [5.74, 6) is 0.986. The minimum Gasteiger partial charge on any atom is -0.542 e. The van der Waals surface area contributed by atoms with Crippen LogP contribution in [0.3, 0.4) is 0 Å². The van der Waals surface area contributed by atoms with E-state index in [9.17, 15) is 0 Å². The first kappa shape index (κ1) is 17.1. The Bertz CT molecular complexity index is 824. The predicted octanol–water partition coefficient (Wildman–Crippen LogP) is 7.14. The number of para-hydroxylation sites is 1. The average molecular weight is 341 g/mol. The van der Waals surface area contributed by atoms with E-state index >= 15 is 0 Å². The highest BCUT2D eigenvalue weighted by molar-refractivity contribution is 6.78. The molecule has 0 aliphatic carbocycles. The Kier molecular flexibility index (Phi) is 4.48. The molecule has 3 heteroatoms. The molecule has 0 spiro atoms. The molecule has 0 radical (unpaired) electrons. The van der Waals surface area contributed by atoms with Crippen LogP contribution in [-0.2, 0) is 0 Å². The number of furan rings is 1. The van der Waals surface area contributed by atoms with E-state index in [0.717, 1.165) is 27.7 Å². The molecule has 0 saturated carbocycles. The molecule has 0 aliphatic rings. The Morgan fingerprint density at radius 1 is 0.750 bits per heavy atom. The number of hydrogen-bond acceptors (Lipinski definition) is 2. The van der Waals surface area contributed by atoms with Crippen molar-refractivity contribution in [1.82, 2.24) is 0 Å². The van der Waals surface area contributed by atoms with E-state index in [1.807, 2.05) is 24.3 Å². The van der Waals surface area contributed by atoms with Crippen molar-refractivity contribution in [1.29, 1.82) is 0 Å². The Morgan fingerprint density at radius 2 is 1.33 bits per heavy atom. The molecular formula is C21H28O2Si. The van der Waals surface area contributed by atoms with Crippen molar-refractivity contribution in [2.75, 3.05) is 0 Å². The van der Waals surface area contributed by atoms with E-state index in [-0.39, 0.29) is 0 Å². The summed E-state index contributed by atoms with van der Waals surface area (Å²) in [6.45, 7) is 13.9. The number of benzene rings is 2. The van der Waals surface area contributed by atoms with Crippen LogP contribution >= 0.6 is 0 Å². The van der Waals surface area contributed by atoms with Gasteiger partial charge in [-0.25, -0.2) is 0 Å². The van der Waals surface area contributed by atoms with Gasteiger partial charge in [-0.2, -0.15) is 0 Å². The van der Waals surface area contributed by atoms with Gasteiger partial charge in [0.05, 0.1) is 5.39 Å². The molecule has 0 fully saturated rings. The molecule has 0 N–H and O–H groups in total. The van der Waals surface area contributed by atoms with Crippen LogP contribution in [0.5, 0.6) is 5.75 Å². The van der Waals surface area contributed by atoms with Crippen LogP contribution in [-0.4, -0.2) is 8.32 Å². The van der Waals surface area contributed by atoms with E-state index in [0.29, 0.717) is 16.6 Å². The summed E-state index contributed by atoms with van der Waals surface area (Å²) < 4.78 is 13.0. The van der Waals surface area contributed by atoms with Gasteiger partial charge < -0.3 is 8.84 Å². The molecule has 24 heavy (non-hydrogen) atoms. The van der Waals surface area contributed by atoms with Gasteiger partial charge in [0.25, 0.3) is 8.32 Å². The van der Waals surface area contributed by atoms with Crippen LogP contribution in [0.15, 0.2) is 46.9 Å². The van der Waals surface area contributed by atoms with Gasteiger partial charge in [-0.15, -0.1) is 0 Å². The molecule has 1 aromatic heterocycles. The lowest BCUT2D eigenvalue weighted by Crippen LogP contribution is -2.50. The molecule has 0 bridgehead atoms. The van der Waals surface area contributed by atoms with E-state index in [2.05, 4.69) is 59.7 Å². The largest absolute Gasteiger partial charge is 0.542 e. The zero-order valence-electron chi connectivity index (χ0n) is 15.6. The molecule has 0 unspecified atom stereocenters. The maximum atomic E-state index is 6.95. The molecule has 3 aromatic rings. The summed E-state index contributed by atoms with van der Waals surface area (Å²) >= 11 is 0.